The van der Waals surface area contributed by atoms with Gasteiger partial charge in [-0.2, -0.15) is 13.2 Å². The van der Waals surface area contributed by atoms with Crippen LogP contribution in [0.1, 0.15) is 46.9 Å². The fraction of sp³-hybridized carbons (Fsp3) is 0.542. The minimum absolute atomic E-state index is 0.0581. The van der Waals surface area contributed by atoms with Crippen LogP contribution in [0, 0.1) is 13.8 Å². The number of anilines is 1. The van der Waals surface area contributed by atoms with Crippen LogP contribution < -0.4 is 4.90 Å². The van der Waals surface area contributed by atoms with E-state index in [9.17, 15) is 18.0 Å². The molecule has 0 radical (unpaired) electrons. The highest BCUT2D eigenvalue weighted by Crippen LogP contribution is 2.30. The second-order valence-electron chi connectivity index (χ2n) is 9.05. The molecule has 2 aromatic heterocycles. The Morgan fingerprint density at radius 1 is 1.03 bits per heavy atom. The van der Waals surface area contributed by atoms with Crippen molar-refractivity contribution >= 4 is 11.7 Å². The van der Waals surface area contributed by atoms with Gasteiger partial charge in [-0.15, -0.1) is 0 Å². The Hall–Kier alpha value is -2.68. The summed E-state index contributed by atoms with van der Waals surface area (Å²) in [5.74, 6) is 0.639. The number of aromatic nitrogens is 2. The normalized spacial score (nSPS) is 20.8. The predicted molar refractivity (Wildman–Crippen MR) is 120 cm³/mol. The highest BCUT2D eigenvalue weighted by Gasteiger charge is 2.34. The number of hydrogen-bond acceptors (Lipinski definition) is 5. The molecule has 2 saturated heterocycles. The number of likely N-dealkylation sites (tertiary alicyclic amines) is 1. The van der Waals surface area contributed by atoms with Crippen LogP contribution in [0.5, 0.6) is 0 Å². The van der Waals surface area contributed by atoms with Crippen LogP contribution in [-0.2, 0) is 6.18 Å². The van der Waals surface area contributed by atoms with E-state index in [0.29, 0.717) is 37.1 Å². The van der Waals surface area contributed by atoms with Gasteiger partial charge in [-0.25, -0.2) is 4.98 Å². The van der Waals surface area contributed by atoms with Crippen LogP contribution in [0.3, 0.4) is 0 Å². The maximum atomic E-state index is 13.1. The molecule has 2 fully saturated rings. The predicted octanol–water partition coefficient (Wildman–Crippen LogP) is 3.93. The van der Waals surface area contributed by atoms with E-state index < -0.39 is 11.7 Å². The van der Waals surface area contributed by atoms with Crippen molar-refractivity contribution in [1.29, 1.82) is 0 Å². The molecular weight excluding hydrogens is 431 g/mol. The number of carbonyl (C=O) groups is 1. The number of carbonyl (C=O) groups excluding carboxylic acids is 1. The van der Waals surface area contributed by atoms with Gasteiger partial charge in [0.15, 0.2) is 0 Å². The van der Waals surface area contributed by atoms with Gasteiger partial charge in [0.05, 0.1) is 16.8 Å². The number of piperazine rings is 1. The number of hydrogen-bond donors (Lipinski definition) is 0. The lowest BCUT2D eigenvalue weighted by Crippen LogP contribution is -2.58. The zero-order valence-electron chi connectivity index (χ0n) is 19.3. The van der Waals surface area contributed by atoms with Gasteiger partial charge in [0.1, 0.15) is 5.82 Å². The van der Waals surface area contributed by atoms with Gasteiger partial charge in [-0.3, -0.25) is 14.7 Å². The third-order valence-electron chi connectivity index (χ3n) is 6.86. The monoisotopic (exact) mass is 461 g/mol. The van der Waals surface area contributed by atoms with Gasteiger partial charge in [0.2, 0.25) is 0 Å². The second kappa shape index (κ2) is 9.29. The van der Waals surface area contributed by atoms with E-state index in [-0.39, 0.29) is 11.9 Å². The van der Waals surface area contributed by atoms with Gasteiger partial charge in [0.25, 0.3) is 5.91 Å². The van der Waals surface area contributed by atoms with Crippen LogP contribution in [0.2, 0.25) is 0 Å². The number of halogens is 3. The quantitative estimate of drug-likeness (QED) is 0.694. The molecule has 0 aliphatic carbocycles. The lowest BCUT2D eigenvalue weighted by molar-refractivity contribution is -0.137. The average molecular weight is 462 g/mol. The summed E-state index contributed by atoms with van der Waals surface area (Å²) in [4.78, 5) is 27.9. The minimum atomic E-state index is -4.37. The van der Waals surface area contributed by atoms with Crippen molar-refractivity contribution in [2.75, 3.05) is 37.6 Å². The average Bonchev–Trinajstić information content (AvgIpc) is 2.78. The zero-order valence-corrected chi connectivity index (χ0v) is 19.3. The Kier molecular flexibility index (Phi) is 6.61. The van der Waals surface area contributed by atoms with E-state index in [1.165, 1.54) is 6.07 Å². The summed E-state index contributed by atoms with van der Waals surface area (Å²) in [6.07, 6.45) is 0.0851. The molecule has 0 spiro atoms. The van der Waals surface area contributed by atoms with Gasteiger partial charge in [-0.1, -0.05) is 0 Å². The maximum absolute atomic E-state index is 13.1. The highest BCUT2D eigenvalue weighted by atomic mass is 19.4. The first-order valence-electron chi connectivity index (χ1n) is 11.4. The Balaban J connectivity index is 1.33. The smallest absolute Gasteiger partial charge is 0.354 e. The van der Waals surface area contributed by atoms with Gasteiger partial charge < -0.3 is 9.80 Å². The van der Waals surface area contributed by atoms with Crippen molar-refractivity contribution in [3.05, 3.63) is 53.0 Å². The molecule has 0 N–H and O–H groups in total. The van der Waals surface area contributed by atoms with E-state index in [4.69, 9.17) is 0 Å². The lowest BCUT2D eigenvalue weighted by Gasteiger charge is -2.46. The fourth-order valence-corrected chi connectivity index (χ4v) is 5.04. The van der Waals surface area contributed by atoms with Crippen molar-refractivity contribution in [3.63, 3.8) is 0 Å². The highest BCUT2D eigenvalue weighted by molar-refractivity contribution is 5.96. The summed E-state index contributed by atoms with van der Waals surface area (Å²) in [6.45, 7) is 9.65. The molecule has 2 aliphatic heterocycles. The molecule has 2 aliphatic rings. The first-order valence-corrected chi connectivity index (χ1v) is 11.4. The molecule has 33 heavy (non-hydrogen) atoms. The van der Waals surface area contributed by atoms with Gasteiger partial charge >= 0.3 is 6.18 Å². The summed E-state index contributed by atoms with van der Waals surface area (Å²) < 4.78 is 38.4. The molecule has 1 atom stereocenters. The molecule has 0 bridgehead atoms. The number of rotatable bonds is 3. The van der Waals surface area contributed by atoms with Crippen molar-refractivity contribution < 1.29 is 18.0 Å². The van der Waals surface area contributed by atoms with Gasteiger partial charge in [0, 0.05) is 57.2 Å². The summed E-state index contributed by atoms with van der Waals surface area (Å²) in [5, 5.41) is 0. The Morgan fingerprint density at radius 2 is 1.76 bits per heavy atom. The minimum Gasteiger partial charge on any atom is -0.354 e. The molecule has 6 nitrogen and oxygen atoms in total. The number of amides is 1. The molecule has 4 heterocycles. The lowest BCUT2D eigenvalue weighted by atomic mass is 9.98. The zero-order chi connectivity index (χ0) is 23.8. The summed E-state index contributed by atoms with van der Waals surface area (Å²) in [5.41, 5.74) is 1.71. The number of piperidine rings is 1. The van der Waals surface area contributed by atoms with E-state index in [0.717, 1.165) is 49.5 Å². The first kappa shape index (κ1) is 23.5. The van der Waals surface area contributed by atoms with Crippen LogP contribution >= 0.6 is 0 Å². The topological polar surface area (TPSA) is 52.6 Å². The second-order valence-corrected chi connectivity index (χ2v) is 9.05. The molecular formula is C24H30F3N5O. The Bertz CT molecular complexity index is 966. The number of alkyl halides is 3. The van der Waals surface area contributed by atoms with Crippen molar-refractivity contribution in [3.8, 4) is 0 Å². The number of nitrogens with zero attached hydrogens (tertiary/aromatic N) is 5. The SMILES string of the molecule is Cc1ccnc(C)c1C(=O)N1CCC(N2CCN(c3ccc(C(F)(F)F)cn3)C[C@@H]2C)CC1. The van der Waals surface area contributed by atoms with Gasteiger partial charge in [-0.05, 0) is 57.4 Å². The third kappa shape index (κ3) is 4.98. The van der Waals surface area contributed by atoms with E-state index in [1.54, 1.807) is 6.20 Å². The summed E-state index contributed by atoms with van der Waals surface area (Å²) >= 11 is 0. The Morgan fingerprint density at radius 3 is 2.33 bits per heavy atom. The largest absolute Gasteiger partial charge is 0.417 e. The molecule has 178 valence electrons. The first-order chi connectivity index (χ1) is 15.6. The van der Waals surface area contributed by atoms with E-state index in [1.807, 2.05) is 29.7 Å². The molecule has 9 heteroatoms. The molecule has 2 aromatic rings. The van der Waals surface area contributed by atoms with Crippen molar-refractivity contribution in [2.24, 2.45) is 0 Å². The number of aryl methyl sites for hydroxylation is 2. The van der Waals surface area contributed by atoms with Crippen LogP contribution in [0.15, 0.2) is 30.6 Å². The van der Waals surface area contributed by atoms with Crippen molar-refractivity contribution in [1.82, 2.24) is 19.8 Å². The molecule has 0 unspecified atom stereocenters. The van der Waals surface area contributed by atoms with E-state index in [2.05, 4.69) is 21.8 Å². The van der Waals surface area contributed by atoms with Crippen LogP contribution in [0.4, 0.5) is 19.0 Å². The van der Waals surface area contributed by atoms with E-state index >= 15 is 0 Å². The number of pyridine rings is 2. The van der Waals surface area contributed by atoms with Crippen LogP contribution in [0.25, 0.3) is 0 Å². The molecule has 4 rings (SSSR count). The third-order valence-corrected chi connectivity index (χ3v) is 6.86. The molecule has 0 aromatic carbocycles. The molecule has 1 amide bonds. The fourth-order valence-electron chi connectivity index (χ4n) is 5.04. The summed E-state index contributed by atoms with van der Waals surface area (Å²) in [7, 11) is 0. The molecule has 0 saturated carbocycles. The standard InChI is InChI=1S/C24H30F3N5O/c1-16-6-9-28-18(3)22(16)23(33)30-10-7-20(8-11-30)32-13-12-31(15-17(32)2)21-5-4-19(14-29-21)24(25,26)27/h4-6,9,14,17,20H,7-8,10-13,15H2,1-3H3/t17-/m0/s1. The Labute approximate surface area is 192 Å². The summed E-state index contributed by atoms with van der Waals surface area (Å²) in [6, 6.07) is 5.07. The van der Waals surface area contributed by atoms with Crippen LogP contribution in [-0.4, -0.2) is 70.5 Å². The maximum Gasteiger partial charge on any atom is 0.417 e. The van der Waals surface area contributed by atoms with Crippen molar-refractivity contribution in [2.45, 2.75) is 51.9 Å².